The Morgan fingerprint density at radius 3 is 2.36 bits per heavy atom. The summed E-state index contributed by atoms with van der Waals surface area (Å²) in [5.41, 5.74) is 3.95. The number of carbonyl (C=O) groups is 1. The first-order chi connectivity index (χ1) is 6.33. The van der Waals surface area contributed by atoms with Gasteiger partial charge >= 0.3 is 5.97 Å². The number of aliphatic carboxylic acids is 1. The second-order valence-corrected chi connectivity index (χ2v) is 3.85. The molecule has 0 aliphatic rings. The van der Waals surface area contributed by atoms with E-state index >= 15 is 0 Å². The van der Waals surface area contributed by atoms with E-state index in [0.717, 1.165) is 0 Å². The summed E-state index contributed by atoms with van der Waals surface area (Å²) >= 11 is 0. The Hall–Kier alpha value is -0.710. The molecule has 84 valence electrons. The van der Waals surface area contributed by atoms with Crippen molar-refractivity contribution in [1.82, 2.24) is 0 Å². The third-order valence-electron chi connectivity index (χ3n) is 2.35. The van der Waals surface area contributed by atoms with E-state index in [2.05, 4.69) is 0 Å². The Kier molecular flexibility index (Phi) is 4.97. The molecule has 14 heavy (non-hydrogen) atoms. The number of carboxylic acid groups (broad SMARTS) is 1. The van der Waals surface area contributed by atoms with Gasteiger partial charge in [-0.3, -0.25) is 4.79 Å². The molecule has 0 saturated carbocycles. The predicted molar refractivity (Wildman–Crippen MR) is 49.2 cm³/mol. The highest BCUT2D eigenvalue weighted by atomic mass is 19.3. The summed E-state index contributed by atoms with van der Waals surface area (Å²) in [7, 11) is 0. The van der Waals surface area contributed by atoms with Crippen molar-refractivity contribution in [2.75, 3.05) is 0 Å². The van der Waals surface area contributed by atoms with Crippen LogP contribution < -0.4 is 5.73 Å². The van der Waals surface area contributed by atoms with Crippen LogP contribution in [0.25, 0.3) is 0 Å². The second kappa shape index (κ2) is 5.24. The number of alkyl halides is 2. The van der Waals surface area contributed by atoms with Crippen LogP contribution in [0.2, 0.25) is 0 Å². The first-order valence-electron chi connectivity index (χ1n) is 4.60. The summed E-state index contributed by atoms with van der Waals surface area (Å²) in [6.45, 7) is 3.16. The molecule has 0 rings (SSSR count). The van der Waals surface area contributed by atoms with Crippen molar-refractivity contribution in [2.45, 2.75) is 45.6 Å². The summed E-state index contributed by atoms with van der Waals surface area (Å²) in [6.07, 6.45) is -1.85. The Morgan fingerprint density at radius 2 is 2.07 bits per heavy atom. The molecular weight excluding hydrogens is 192 g/mol. The van der Waals surface area contributed by atoms with Gasteiger partial charge in [0.25, 0.3) is 0 Å². The quantitative estimate of drug-likeness (QED) is 0.701. The zero-order valence-electron chi connectivity index (χ0n) is 8.46. The molecule has 0 unspecified atom stereocenters. The predicted octanol–water partition coefficient (Wildman–Crippen LogP) is 1.86. The summed E-state index contributed by atoms with van der Waals surface area (Å²) in [6, 6.07) is -1.21. The molecule has 3 nitrogen and oxygen atoms in total. The fraction of sp³-hybridized carbons (Fsp3) is 0.889. The third-order valence-corrected chi connectivity index (χ3v) is 2.35. The summed E-state index contributed by atoms with van der Waals surface area (Å²) < 4.78 is 25.3. The van der Waals surface area contributed by atoms with Gasteiger partial charge in [0.15, 0.2) is 0 Å². The molecular formula is C9H17F2NO2. The second-order valence-electron chi connectivity index (χ2n) is 3.85. The topological polar surface area (TPSA) is 63.3 Å². The fourth-order valence-corrected chi connectivity index (χ4v) is 1.46. The Balaban J connectivity index is 4.43. The molecule has 0 heterocycles. The highest BCUT2D eigenvalue weighted by Crippen LogP contribution is 2.35. The van der Waals surface area contributed by atoms with Gasteiger partial charge in [0.2, 0.25) is 6.43 Å². The molecule has 0 fully saturated rings. The third kappa shape index (κ3) is 3.57. The molecule has 0 amide bonds. The molecule has 2 atom stereocenters. The maximum atomic E-state index is 12.6. The van der Waals surface area contributed by atoms with E-state index in [-0.39, 0.29) is 12.8 Å². The molecule has 0 aliphatic carbocycles. The van der Waals surface area contributed by atoms with E-state index in [1.165, 1.54) is 6.92 Å². The van der Waals surface area contributed by atoms with E-state index < -0.39 is 23.9 Å². The van der Waals surface area contributed by atoms with Gasteiger partial charge in [-0.2, -0.15) is 0 Å². The lowest BCUT2D eigenvalue weighted by Crippen LogP contribution is -2.39. The number of halogens is 2. The van der Waals surface area contributed by atoms with Crippen LogP contribution in [0, 0.1) is 5.41 Å². The van der Waals surface area contributed by atoms with Gasteiger partial charge in [0, 0.05) is 5.41 Å². The van der Waals surface area contributed by atoms with Crippen LogP contribution in [-0.2, 0) is 4.79 Å². The Bertz CT molecular complexity index is 199. The standard InChI is InChI=1S/C9H17F2NO2/c1-3-4-9(2,8(10)11)5-6(12)7(13)14/h6,8H,3-5,12H2,1-2H3,(H,13,14)/t6-,9+/m0/s1. The highest BCUT2D eigenvalue weighted by molar-refractivity contribution is 5.73. The van der Waals surface area contributed by atoms with E-state index in [1.807, 2.05) is 0 Å². The smallest absolute Gasteiger partial charge is 0.320 e. The molecule has 0 aliphatic heterocycles. The van der Waals surface area contributed by atoms with Crippen LogP contribution in [0.15, 0.2) is 0 Å². The zero-order valence-corrected chi connectivity index (χ0v) is 8.46. The first kappa shape index (κ1) is 13.3. The average Bonchev–Trinajstić information content (AvgIpc) is 2.03. The minimum atomic E-state index is -2.53. The molecule has 0 aromatic rings. The average molecular weight is 209 g/mol. The molecule has 0 spiro atoms. The number of hydrogen-bond donors (Lipinski definition) is 2. The van der Waals surface area contributed by atoms with Gasteiger partial charge in [-0.05, 0) is 12.8 Å². The summed E-state index contributed by atoms with van der Waals surface area (Å²) in [5.74, 6) is -1.23. The maximum Gasteiger partial charge on any atom is 0.320 e. The van der Waals surface area contributed by atoms with E-state index in [1.54, 1.807) is 6.92 Å². The van der Waals surface area contributed by atoms with E-state index in [9.17, 15) is 13.6 Å². The van der Waals surface area contributed by atoms with Crippen LogP contribution in [0.5, 0.6) is 0 Å². The molecule has 0 aromatic heterocycles. The number of carboxylic acids is 1. The normalized spacial score (nSPS) is 17.9. The molecule has 0 saturated heterocycles. The minimum absolute atomic E-state index is 0.187. The van der Waals surface area contributed by atoms with Crippen molar-refractivity contribution < 1.29 is 18.7 Å². The maximum absolute atomic E-state index is 12.6. The van der Waals surface area contributed by atoms with Crippen molar-refractivity contribution in [3.63, 3.8) is 0 Å². The van der Waals surface area contributed by atoms with Crippen LogP contribution >= 0.6 is 0 Å². The van der Waals surface area contributed by atoms with Crippen molar-refractivity contribution in [2.24, 2.45) is 11.1 Å². The molecule has 5 heteroatoms. The van der Waals surface area contributed by atoms with E-state index in [0.29, 0.717) is 6.42 Å². The van der Waals surface area contributed by atoms with Crippen molar-refractivity contribution >= 4 is 5.97 Å². The van der Waals surface area contributed by atoms with Crippen molar-refractivity contribution in [1.29, 1.82) is 0 Å². The molecule has 0 radical (unpaired) electrons. The lowest BCUT2D eigenvalue weighted by molar-refractivity contribution is -0.140. The van der Waals surface area contributed by atoms with Gasteiger partial charge in [0.05, 0.1) is 0 Å². The minimum Gasteiger partial charge on any atom is -0.480 e. The van der Waals surface area contributed by atoms with Crippen LogP contribution in [0.3, 0.4) is 0 Å². The van der Waals surface area contributed by atoms with Gasteiger partial charge < -0.3 is 10.8 Å². The first-order valence-corrected chi connectivity index (χ1v) is 4.60. The van der Waals surface area contributed by atoms with E-state index in [4.69, 9.17) is 10.8 Å². The monoisotopic (exact) mass is 209 g/mol. The Morgan fingerprint density at radius 1 is 1.57 bits per heavy atom. The lowest BCUT2D eigenvalue weighted by atomic mass is 9.80. The van der Waals surface area contributed by atoms with Crippen molar-refractivity contribution in [3.05, 3.63) is 0 Å². The van der Waals surface area contributed by atoms with Gasteiger partial charge in [-0.1, -0.05) is 20.3 Å². The van der Waals surface area contributed by atoms with Crippen LogP contribution in [-0.4, -0.2) is 23.5 Å². The number of hydrogen-bond acceptors (Lipinski definition) is 2. The lowest BCUT2D eigenvalue weighted by Gasteiger charge is -2.29. The number of nitrogens with two attached hydrogens (primary N) is 1. The van der Waals surface area contributed by atoms with Gasteiger partial charge in [-0.15, -0.1) is 0 Å². The molecule has 3 N–H and O–H groups in total. The zero-order chi connectivity index (χ0) is 11.4. The molecule has 0 bridgehead atoms. The molecule has 0 aromatic carbocycles. The SMILES string of the molecule is CCC[C@](C)(C[C@H](N)C(=O)O)C(F)F. The number of rotatable bonds is 6. The highest BCUT2D eigenvalue weighted by Gasteiger charge is 2.37. The van der Waals surface area contributed by atoms with Crippen molar-refractivity contribution in [3.8, 4) is 0 Å². The van der Waals surface area contributed by atoms with Gasteiger partial charge in [-0.25, -0.2) is 8.78 Å². The Labute approximate surface area is 82.3 Å². The van der Waals surface area contributed by atoms with Crippen LogP contribution in [0.1, 0.15) is 33.1 Å². The van der Waals surface area contributed by atoms with Crippen LogP contribution in [0.4, 0.5) is 8.78 Å². The largest absolute Gasteiger partial charge is 0.480 e. The van der Waals surface area contributed by atoms with Gasteiger partial charge in [0.1, 0.15) is 6.04 Å². The summed E-state index contributed by atoms with van der Waals surface area (Å²) in [4.78, 5) is 10.4. The fourth-order valence-electron chi connectivity index (χ4n) is 1.46. The summed E-state index contributed by atoms with van der Waals surface area (Å²) in [5, 5.41) is 8.53.